The molecule has 0 bridgehead atoms. The number of Topliss-reactive ketones (excluding diaryl/α,β-unsaturated/α-hetero) is 1. The van der Waals surface area contributed by atoms with Crippen LogP contribution < -0.4 is 15.3 Å². The summed E-state index contributed by atoms with van der Waals surface area (Å²) in [7, 11) is 3.97. The van der Waals surface area contributed by atoms with Gasteiger partial charge >= 0.3 is 0 Å². The van der Waals surface area contributed by atoms with Gasteiger partial charge in [-0.2, -0.15) is 4.58 Å². The fourth-order valence-corrected chi connectivity index (χ4v) is 12.5. The first kappa shape index (κ1) is 38.6. The molecule has 0 saturated carbocycles. The molecule has 3 heterocycles. The summed E-state index contributed by atoms with van der Waals surface area (Å²) in [5, 5.41) is 22.8. The third kappa shape index (κ3) is 6.81. The second-order valence-corrected chi connectivity index (χ2v) is 19.5. The van der Waals surface area contributed by atoms with Gasteiger partial charge in [0, 0.05) is 82.6 Å². The van der Waals surface area contributed by atoms with Crippen molar-refractivity contribution in [1.29, 1.82) is 0 Å². The van der Waals surface area contributed by atoms with Crippen molar-refractivity contribution >= 4 is 71.9 Å². The molecule has 1 amide bonds. The number of allylic oxidation sites excluding steroid dienone is 5. The van der Waals surface area contributed by atoms with Crippen LogP contribution in [0.4, 0.5) is 11.4 Å². The van der Waals surface area contributed by atoms with E-state index >= 15 is 0 Å². The number of hydrogen-bond donors (Lipinski definition) is 1. The summed E-state index contributed by atoms with van der Waals surface area (Å²) in [4.78, 5) is 29.2. The molecule has 1 atom stereocenters. The molecule has 1 unspecified atom stereocenters. The van der Waals surface area contributed by atoms with Crippen LogP contribution in [0, 0.1) is 0 Å². The molecule has 4 aliphatic rings. The highest BCUT2D eigenvalue weighted by atomic mass is 33.1. The van der Waals surface area contributed by atoms with Crippen molar-refractivity contribution in [2.75, 3.05) is 30.3 Å². The van der Waals surface area contributed by atoms with E-state index < -0.39 is 10.8 Å². The van der Waals surface area contributed by atoms with E-state index in [1.54, 1.807) is 0 Å². The maximum Gasteiger partial charge on any atom is 0.219 e. The highest BCUT2D eigenvalue weighted by molar-refractivity contribution is 8.77. The van der Waals surface area contributed by atoms with E-state index in [-0.39, 0.29) is 28.6 Å². The van der Waals surface area contributed by atoms with Gasteiger partial charge in [0.1, 0.15) is 6.54 Å². The molecular formula is C48H53N3O3S2. The average molecular weight is 784 g/mol. The average Bonchev–Trinajstić information content (AvgIpc) is 3.85. The quantitative estimate of drug-likeness (QED) is 0.0630. The summed E-state index contributed by atoms with van der Waals surface area (Å²) < 4.78 is 2.31. The van der Waals surface area contributed by atoms with Gasteiger partial charge in [0.2, 0.25) is 11.6 Å². The van der Waals surface area contributed by atoms with Gasteiger partial charge in [0.25, 0.3) is 0 Å². The van der Waals surface area contributed by atoms with E-state index in [1.165, 1.54) is 45.9 Å². The number of fused-ring (bicyclic) bond motifs is 6. The minimum Gasteiger partial charge on any atom is -0.871 e. The Labute approximate surface area is 339 Å². The summed E-state index contributed by atoms with van der Waals surface area (Å²) in [6.07, 6.45) is 10.5. The summed E-state index contributed by atoms with van der Waals surface area (Å²) in [6.45, 7) is 13.0. The van der Waals surface area contributed by atoms with Crippen LogP contribution in [0.25, 0.3) is 21.5 Å². The molecule has 3 aliphatic heterocycles. The van der Waals surface area contributed by atoms with Gasteiger partial charge in [-0.1, -0.05) is 109 Å². The molecule has 6 nitrogen and oxygen atoms in total. The molecule has 1 N–H and O–H groups in total. The molecule has 0 aromatic heterocycles. The number of carbonyl (C=O) groups excluding carboxylic acids is 2. The van der Waals surface area contributed by atoms with E-state index in [0.717, 1.165) is 65.6 Å². The number of hydrogen-bond acceptors (Lipinski definition) is 6. The van der Waals surface area contributed by atoms with E-state index in [0.29, 0.717) is 19.5 Å². The lowest BCUT2D eigenvalue weighted by Gasteiger charge is -2.33. The first-order valence-electron chi connectivity index (χ1n) is 20.4. The lowest BCUT2D eigenvalue weighted by atomic mass is 9.76. The summed E-state index contributed by atoms with van der Waals surface area (Å²) in [6, 6.07) is 25.6. The fourth-order valence-electron chi connectivity index (χ4n) is 9.44. The van der Waals surface area contributed by atoms with Gasteiger partial charge < -0.3 is 15.3 Å². The molecule has 1 fully saturated rings. The van der Waals surface area contributed by atoms with Crippen molar-refractivity contribution in [2.24, 2.45) is 0 Å². The molecule has 1 saturated heterocycles. The lowest BCUT2D eigenvalue weighted by molar-refractivity contribution is -0.437. The van der Waals surface area contributed by atoms with Crippen LogP contribution in [0.1, 0.15) is 90.7 Å². The highest BCUT2D eigenvalue weighted by Crippen LogP contribution is 2.52. The van der Waals surface area contributed by atoms with Crippen LogP contribution in [-0.2, 0) is 20.4 Å². The maximum absolute atomic E-state index is 14.2. The van der Waals surface area contributed by atoms with Crippen LogP contribution in [0.2, 0.25) is 0 Å². The van der Waals surface area contributed by atoms with Gasteiger partial charge in [0.15, 0.2) is 11.5 Å². The van der Waals surface area contributed by atoms with E-state index in [2.05, 4.69) is 122 Å². The van der Waals surface area contributed by atoms with Crippen molar-refractivity contribution in [1.82, 2.24) is 5.32 Å². The van der Waals surface area contributed by atoms with Crippen LogP contribution in [0.15, 0.2) is 108 Å². The monoisotopic (exact) mass is 783 g/mol. The Balaban J connectivity index is 1.07. The molecule has 8 heteroatoms. The van der Waals surface area contributed by atoms with E-state index in [4.69, 9.17) is 0 Å². The summed E-state index contributed by atoms with van der Waals surface area (Å²) >= 11 is 0. The topological polar surface area (TPSA) is 75.5 Å². The molecule has 8 rings (SSSR count). The summed E-state index contributed by atoms with van der Waals surface area (Å²) in [5.74, 6) is 0.962. The number of nitrogens with zero attached hydrogens (tertiary/aromatic N) is 2. The Morgan fingerprint density at radius 1 is 0.911 bits per heavy atom. The van der Waals surface area contributed by atoms with E-state index in [1.807, 2.05) is 33.7 Å². The maximum atomic E-state index is 14.2. The Hall–Kier alpha value is -4.27. The zero-order chi connectivity index (χ0) is 39.2. The van der Waals surface area contributed by atoms with Crippen LogP contribution in [0.5, 0.6) is 0 Å². The molecule has 0 radical (unpaired) electrons. The van der Waals surface area contributed by atoms with Gasteiger partial charge in [-0.15, -0.1) is 0 Å². The molecule has 1 aliphatic carbocycles. The van der Waals surface area contributed by atoms with Crippen LogP contribution >= 0.6 is 21.6 Å². The second kappa shape index (κ2) is 15.6. The van der Waals surface area contributed by atoms with Crippen molar-refractivity contribution in [2.45, 2.75) is 95.6 Å². The predicted molar refractivity (Wildman–Crippen MR) is 234 cm³/mol. The van der Waals surface area contributed by atoms with Crippen molar-refractivity contribution in [3.05, 3.63) is 119 Å². The minimum absolute atomic E-state index is 0.111. The standard InChI is InChI=1S/C48H53N3O3S2/c1-6-26-50-38-22-20-31-14-7-10-17-34(31)43(38)47(2,3)40(50)29-36-45(53)37(46(36)54)30-41-48(4,5)44-35-18-11-8-15-32(35)21-23-39(44)51(41)27-13-25-49-42(52)19-12-9-16-33-24-28-55-56-33/h7-8,10-11,14-15,17-18,20-23,29-30,33H,6,9,12-13,16,19,24-28H2,1-5H3,(H-,49,52,53,54). The van der Waals surface area contributed by atoms with Gasteiger partial charge in [-0.25, -0.2) is 0 Å². The van der Waals surface area contributed by atoms with Crippen LogP contribution in [-0.4, -0.2) is 52.6 Å². The van der Waals surface area contributed by atoms with Gasteiger partial charge in [0.05, 0.1) is 5.41 Å². The first-order valence-corrected chi connectivity index (χ1v) is 22.8. The van der Waals surface area contributed by atoms with Gasteiger partial charge in [-0.3, -0.25) is 9.59 Å². The number of amides is 1. The zero-order valence-electron chi connectivity index (χ0n) is 33.4. The highest BCUT2D eigenvalue weighted by Gasteiger charge is 2.47. The number of anilines is 1. The SMILES string of the molecule is CCC[N+]1=C(C=C2C(=O)C(C=C3N(CCCNC(=O)CCCCC4CCSS4)c4ccc5ccccc5c4C3(C)C)=C2[O-])C(C)(C)c2c1ccc1ccccc21. The minimum atomic E-state index is -0.467. The third-order valence-electron chi connectivity index (χ3n) is 12.3. The third-order valence-corrected chi connectivity index (χ3v) is 15.3. The lowest BCUT2D eigenvalue weighted by Crippen LogP contribution is -2.35. The Bertz CT molecular complexity index is 2360. The normalized spacial score (nSPS) is 21.1. The number of ketones is 1. The van der Waals surface area contributed by atoms with Crippen molar-refractivity contribution < 1.29 is 19.3 Å². The van der Waals surface area contributed by atoms with Crippen molar-refractivity contribution in [3.63, 3.8) is 0 Å². The number of nitrogens with one attached hydrogen (secondary N) is 1. The Kier molecular flexibility index (Phi) is 10.7. The summed E-state index contributed by atoms with van der Waals surface area (Å²) in [5.41, 5.74) is 6.24. The Morgan fingerprint density at radius 3 is 2.32 bits per heavy atom. The molecule has 4 aromatic carbocycles. The largest absolute Gasteiger partial charge is 0.871 e. The Morgan fingerprint density at radius 2 is 1.62 bits per heavy atom. The number of carbonyl (C=O) groups is 2. The van der Waals surface area contributed by atoms with E-state index in [9.17, 15) is 14.7 Å². The number of benzene rings is 4. The number of rotatable bonds is 13. The molecule has 290 valence electrons. The molecule has 56 heavy (non-hydrogen) atoms. The van der Waals surface area contributed by atoms with Gasteiger partial charge in [-0.05, 0) is 84.8 Å². The molecule has 0 spiro atoms. The van der Waals surface area contributed by atoms with Crippen molar-refractivity contribution in [3.8, 4) is 0 Å². The first-order chi connectivity index (χ1) is 27.0. The zero-order valence-corrected chi connectivity index (χ0v) is 35.0. The fraction of sp³-hybridized carbons (Fsp3) is 0.396. The molecule has 4 aromatic rings. The number of unbranched alkanes of at least 4 members (excludes halogenated alkanes) is 1. The predicted octanol–water partition coefficient (Wildman–Crippen LogP) is 9.80. The smallest absolute Gasteiger partial charge is 0.219 e. The van der Waals surface area contributed by atoms with Crippen LogP contribution in [0.3, 0.4) is 0 Å². The second-order valence-electron chi connectivity index (χ2n) is 16.7. The molecular weight excluding hydrogens is 731 g/mol.